The summed E-state index contributed by atoms with van der Waals surface area (Å²) in [5.41, 5.74) is 2.45. The highest BCUT2D eigenvalue weighted by molar-refractivity contribution is 5.96. The third-order valence-electron chi connectivity index (χ3n) is 4.72. The Labute approximate surface area is 147 Å². The van der Waals surface area contributed by atoms with Gasteiger partial charge in [0.25, 0.3) is 0 Å². The van der Waals surface area contributed by atoms with Gasteiger partial charge >= 0.3 is 0 Å². The van der Waals surface area contributed by atoms with E-state index < -0.39 is 0 Å². The van der Waals surface area contributed by atoms with Crippen molar-refractivity contribution in [3.8, 4) is 0 Å². The van der Waals surface area contributed by atoms with Crippen molar-refractivity contribution in [3.63, 3.8) is 0 Å². The summed E-state index contributed by atoms with van der Waals surface area (Å²) in [4.78, 5) is 19.3. The fourth-order valence-electron chi connectivity index (χ4n) is 3.33. The van der Waals surface area contributed by atoms with Crippen molar-refractivity contribution >= 4 is 11.7 Å². The molecule has 1 atom stereocenters. The molecule has 2 heterocycles. The first-order valence-electron chi connectivity index (χ1n) is 8.90. The smallest absolute Gasteiger partial charge is 0.245 e. The number of hydrogen-bond acceptors (Lipinski definition) is 5. The Hall–Kier alpha value is -2.37. The van der Waals surface area contributed by atoms with Crippen LogP contribution in [0.25, 0.3) is 0 Å². The maximum absolute atomic E-state index is 13.0. The minimum atomic E-state index is -0.332. The molecule has 2 aromatic rings. The zero-order chi connectivity index (χ0) is 17.8. The first-order chi connectivity index (χ1) is 12.1. The van der Waals surface area contributed by atoms with Gasteiger partial charge in [0, 0.05) is 24.6 Å². The van der Waals surface area contributed by atoms with E-state index in [1.807, 2.05) is 6.92 Å². The minimum absolute atomic E-state index is 0.0192. The molecular formula is C19H23FN4O. The van der Waals surface area contributed by atoms with E-state index in [0.717, 1.165) is 43.6 Å². The van der Waals surface area contributed by atoms with Crippen LogP contribution in [-0.2, 0) is 12.8 Å². The van der Waals surface area contributed by atoms with Crippen molar-refractivity contribution in [2.45, 2.75) is 52.0 Å². The van der Waals surface area contributed by atoms with E-state index in [0.29, 0.717) is 17.9 Å². The first kappa shape index (κ1) is 17.5. The predicted molar refractivity (Wildman–Crippen MR) is 94.3 cm³/mol. The molecule has 1 aromatic carbocycles. The Bertz CT molecular complexity index is 748. The zero-order valence-corrected chi connectivity index (χ0v) is 14.7. The number of hydrogen-bond donors (Lipinski definition) is 0. The molecule has 0 amide bonds. The molecule has 0 bridgehead atoms. The fourth-order valence-corrected chi connectivity index (χ4v) is 3.33. The summed E-state index contributed by atoms with van der Waals surface area (Å²) in [5, 5.41) is 8.60. The molecule has 1 aliphatic heterocycles. The van der Waals surface area contributed by atoms with Gasteiger partial charge in [0.05, 0.1) is 11.4 Å². The van der Waals surface area contributed by atoms with Gasteiger partial charge in [-0.2, -0.15) is 5.10 Å². The highest BCUT2D eigenvalue weighted by atomic mass is 19.1. The molecule has 0 radical (unpaired) electrons. The van der Waals surface area contributed by atoms with Crippen molar-refractivity contribution in [2.24, 2.45) is 0 Å². The molecule has 5 nitrogen and oxygen atoms in total. The molecule has 6 heteroatoms. The van der Waals surface area contributed by atoms with Crippen LogP contribution < -0.4 is 4.90 Å². The van der Waals surface area contributed by atoms with E-state index in [1.165, 1.54) is 12.1 Å². The van der Waals surface area contributed by atoms with Gasteiger partial charge in [0.15, 0.2) is 5.78 Å². The molecule has 1 aliphatic rings. The quantitative estimate of drug-likeness (QED) is 0.753. The number of carbonyl (C=O) groups excluding carboxylic acids is 1. The van der Waals surface area contributed by atoms with E-state index >= 15 is 0 Å². The summed E-state index contributed by atoms with van der Waals surface area (Å²) in [6.07, 6.45) is 3.94. The summed E-state index contributed by atoms with van der Waals surface area (Å²) in [6, 6.07) is 5.80. The van der Waals surface area contributed by atoms with Crippen LogP contribution in [0.1, 0.15) is 54.9 Å². The molecule has 1 aromatic heterocycles. The average molecular weight is 342 g/mol. The van der Waals surface area contributed by atoms with Gasteiger partial charge in [-0.3, -0.25) is 4.79 Å². The standard InChI is InChI=1S/C19H23FN4O/c1-3-16-17(4-2)22-23-19(21-16)24-11-5-6-15(24)12-18(25)13-7-9-14(20)10-8-13/h7-10,15H,3-6,11-12H2,1-2H3. The van der Waals surface area contributed by atoms with E-state index in [1.54, 1.807) is 12.1 Å². The average Bonchev–Trinajstić information content (AvgIpc) is 3.09. The molecule has 3 rings (SSSR count). The number of anilines is 1. The number of aromatic nitrogens is 3. The lowest BCUT2D eigenvalue weighted by Gasteiger charge is -2.24. The van der Waals surface area contributed by atoms with Gasteiger partial charge in [-0.25, -0.2) is 9.37 Å². The molecule has 0 aliphatic carbocycles. The third kappa shape index (κ3) is 3.83. The molecule has 1 unspecified atom stereocenters. The third-order valence-corrected chi connectivity index (χ3v) is 4.72. The number of Topliss-reactive ketones (excluding diaryl/α,β-unsaturated/α-hetero) is 1. The Kier molecular flexibility index (Phi) is 5.36. The van der Waals surface area contributed by atoms with Gasteiger partial charge in [-0.15, -0.1) is 5.10 Å². The second-order valence-electron chi connectivity index (χ2n) is 6.34. The Balaban J connectivity index is 1.76. The fraction of sp³-hybridized carbons (Fsp3) is 0.474. The molecular weight excluding hydrogens is 319 g/mol. The first-order valence-corrected chi connectivity index (χ1v) is 8.90. The molecule has 132 valence electrons. The molecule has 1 saturated heterocycles. The van der Waals surface area contributed by atoms with Gasteiger partial charge in [-0.05, 0) is 49.9 Å². The lowest BCUT2D eigenvalue weighted by atomic mass is 10.0. The van der Waals surface area contributed by atoms with Crippen LogP contribution >= 0.6 is 0 Å². The van der Waals surface area contributed by atoms with Crippen LogP contribution in [0.15, 0.2) is 24.3 Å². The van der Waals surface area contributed by atoms with Crippen LogP contribution in [0.5, 0.6) is 0 Å². The summed E-state index contributed by atoms with van der Waals surface area (Å²) >= 11 is 0. The molecule has 0 spiro atoms. The number of benzene rings is 1. The van der Waals surface area contributed by atoms with E-state index in [2.05, 4.69) is 27.0 Å². The summed E-state index contributed by atoms with van der Waals surface area (Å²) in [5.74, 6) is 0.302. The van der Waals surface area contributed by atoms with E-state index in [9.17, 15) is 9.18 Å². The second kappa shape index (κ2) is 7.68. The molecule has 25 heavy (non-hydrogen) atoms. The SMILES string of the molecule is CCc1nnc(N2CCCC2CC(=O)c2ccc(F)cc2)nc1CC. The lowest BCUT2D eigenvalue weighted by Crippen LogP contribution is -2.33. The molecule has 1 fully saturated rings. The van der Waals surface area contributed by atoms with E-state index in [-0.39, 0.29) is 17.6 Å². The Morgan fingerprint density at radius 3 is 2.56 bits per heavy atom. The summed E-state index contributed by atoms with van der Waals surface area (Å²) in [6.45, 7) is 4.94. The monoisotopic (exact) mass is 342 g/mol. The maximum atomic E-state index is 13.0. The predicted octanol–water partition coefficient (Wildman–Crippen LogP) is 3.38. The lowest BCUT2D eigenvalue weighted by molar-refractivity contribution is 0.0974. The highest BCUT2D eigenvalue weighted by Gasteiger charge is 2.29. The van der Waals surface area contributed by atoms with Crippen LogP contribution in [-0.4, -0.2) is 33.6 Å². The van der Waals surface area contributed by atoms with Crippen LogP contribution in [0, 0.1) is 5.82 Å². The summed E-state index contributed by atoms with van der Waals surface area (Å²) < 4.78 is 13.0. The molecule has 0 N–H and O–H groups in total. The van der Waals surface area contributed by atoms with Crippen molar-refractivity contribution in [1.29, 1.82) is 0 Å². The van der Waals surface area contributed by atoms with Gasteiger partial charge < -0.3 is 4.90 Å². The number of nitrogens with zero attached hydrogens (tertiary/aromatic N) is 4. The number of rotatable bonds is 6. The summed E-state index contributed by atoms with van der Waals surface area (Å²) in [7, 11) is 0. The van der Waals surface area contributed by atoms with Crippen molar-refractivity contribution < 1.29 is 9.18 Å². The topological polar surface area (TPSA) is 59.0 Å². The normalized spacial score (nSPS) is 17.1. The maximum Gasteiger partial charge on any atom is 0.245 e. The largest absolute Gasteiger partial charge is 0.336 e. The van der Waals surface area contributed by atoms with Gasteiger partial charge in [-0.1, -0.05) is 13.8 Å². The molecule has 0 saturated carbocycles. The second-order valence-corrected chi connectivity index (χ2v) is 6.34. The van der Waals surface area contributed by atoms with E-state index in [4.69, 9.17) is 0 Å². The Morgan fingerprint density at radius 2 is 1.88 bits per heavy atom. The van der Waals surface area contributed by atoms with Crippen LogP contribution in [0.3, 0.4) is 0 Å². The Morgan fingerprint density at radius 1 is 1.16 bits per heavy atom. The van der Waals surface area contributed by atoms with Gasteiger partial charge in [0.2, 0.25) is 5.95 Å². The highest BCUT2D eigenvalue weighted by Crippen LogP contribution is 2.26. The minimum Gasteiger partial charge on any atom is -0.336 e. The number of ketones is 1. The zero-order valence-electron chi connectivity index (χ0n) is 14.7. The number of carbonyl (C=O) groups is 1. The van der Waals surface area contributed by atoms with Crippen molar-refractivity contribution in [3.05, 3.63) is 47.0 Å². The van der Waals surface area contributed by atoms with Crippen LogP contribution in [0.4, 0.5) is 10.3 Å². The van der Waals surface area contributed by atoms with Crippen molar-refractivity contribution in [2.75, 3.05) is 11.4 Å². The van der Waals surface area contributed by atoms with Gasteiger partial charge in [0.1, 0.15) is 5.82 Å². The van der Waals surface area contributed by atoms with Crippen LogP contribution in [0.2, 0.25) is 0 Å². The number of halogens is 1. The number of aryl methyl sites for hydroxylation is 2. The van der Waals surface area contributed by atoms with Crippen molar-refractivity contribution in [1.82, 2.24) is 15.2 Å².